The normalized spacial score (nSPS) is 20.4. The Bertz CT molecular complexity index is 555. The summed E-state index contributed by atoms with van der Waals surface area (Å²) in [4.78, 5) is 0. The highest BCUT2D eigenvalue weighted by molar-refractivity contribution is 9.10. The van der Waals surface area contributed by atoms with Crippen LogP contribution in [0.5, 0.6) is 0 Å². The van der Waals surface area contributed by atoms with Crippen molar-refractivity contribution in [3.63, 3.8) is 0 Å². The molecule has 96 valence electrons. The Kier molecular flexibility index (Phi) is 3.41. The molecule has 2 N–H and O–H groups in total. The fourth-order valence-corrected chi connectivity index (χ4v) is 3.08. The van der Waals surface area contributed by atoms with E-state index < -0.39 is 0 Å². The average Bonchev–Trinajstić information content (AvgIpc) is 2.67. The van der Waals surface area contributed by atoms with Gasteiger partial charge in [-0.1, -0.05) is 22.0 Å². The van der Waals surface area contributed by atoms with Crippen LogP contribution < -0.4 is 10.6 Å². The fraction of sp³-hybridized carbons (Fsp3) is 0.429. The van der Waals surface area contributed by atoms with E-state index in [2.05, 4.69) is 62.6 Å². The van der Waals surface area contributed by atoms with Crippen LogP contribution >= 0.6 is 15.9 Å². The molecular weight excluding hydrogens is 290 g/mol. The maximum Gasteiger partial charge on any atom is 0.0491 e. The van der Waals surface area contributed by atoms with E-state index in [1.807, 2.05) is 0 Å². The highest BCUT2D eigenvalue weighted by atomic mass is 79.9. The molecule has 0 saturated carbocycles. The van der Waals surface area contributed by atoms with E-state index in [4.69, 9.17) is 0 Å². The van der Waals surface area contributed by atoms with Gasteiger partial charge in [-0.3, -0.25) is 0 Å². The van der Waals surface area contributed by atoms with E-state index in [0.717, 1.165) is 30.5 Å². The molecule has 1 aromatic heterocycles. The molecule has 2 heterocycles. The van der Waals surface area contributed by atoms with Crippen LogP contribution in [0.4, 0.5) is 0 Å². The molecule has 0 radical (unpaired) electrons. The zero-order valence-corrected chi connectivity index (χ0v) is 12.1. The number of halogens is 1. The van der Waals surface area contributed by atoms with Crippen molar-refractivity contribution in [3.8, 4) is 0 Å². The van der Waals surface area contributed by atoms with Gasteiger partial charge in [-0.15, -0.1) is 0 Å². The first-order chi connectivity index (χ1) is 8.74. The molecule has 0 spiro atoms. The number of piperazine rings is 1. The summed E-state index contributed by atoms with van der Waals surface area (Å²) in [7, 11) is 2.12. The highest BCUT2D eigenvalue weighted by Crippen LogP contribution is 2.25. The minimum atomic E-state index is 0.549. The zero-order valence-electron chi connectivity index (χ0n) is 10.5. The summed E-state index contributed by atoms with van der Waals surface area (Å²) in [5, 5.41) is 8.38. The van der Waals surface area contributed by atoms with Crippen LogP contribution in [0.2, 0.25) is 0 Å². The molecule has 1 fully saturated rings. The first-order valence-corrected chi connectivity index (χ1v) is 7.21. The summed E-state index contributed by atoms with van der Waals surface area (Å²) in [6, 6.07) is 7.07. The predicted molar refractivity (Wildman–Crippen MR) is 79.0 cm³/mol. The smallest absolute Gasteiger partial charge is 0.0491 e. The Balaban J connectivity index is 1.91. The number of nitrogens with one attached hydrogen (secondary N) is 2. The number of hydrogen-bond donors (Lipinski definition) is 2. The summed E-state index contributed by atoms with van der Waals surface area (Å²) >= 11 is 3.54. The molecular formula is C14H18BrN3. The van der Waals surface area contributed by atoms with Crippen molar-refractivity contribution < 1.29 is 0 Å². The van der Waals surface area contributed by atoms with Gasteiger partial charge >= 0.3 is 0 Å². The molecule has 3 rings (SSSR count). The summed E-state index contributed by atoms with van der Waals surface area (Å²) < 4.78 is 3.35. The molecule has 4 heteroatoms. The van der Waals surface area contributed by atoms with E-state index >= 15 is 0 Å². The third-order valence-electron chi connectivity index (χ3n) is 3.63. The first kappa shape index (κ1) is 12.2. The highest BCUT2D eigenvalue weighted by Gasteiger charge is 2.15. The SMILES string of the molecule is Cn1cc(CC2CNCCN2)c2ccc(Br)cc21. The lowest BCUT2D eigenvalue weighted by molar-refractivity contribution is 0.417. The monoisotopic (exact) mass is 307 g/mol. The number of fused-ring (bicyclic) bond motifs is 1. The molecule has 0 aliphatic carbocycles. The fourth-order valence-electron chi connectivity index (χ4n) is 2.73. The Morgan fingerprint density at radius 2 is 2.28 bits per heavy atom. The zero-order chi connectivity index (χ0) is 12.5. The van der Waals surface area contributed by atoms with Crippen molar-refractivity contribution in [2.24, 2.45) is 7.05 Å². The molecule has 1 aliphatic heterocycles. The number of aromatic nitrogens is 1. The van der Waals surface area contributed by atoms with Crippen molar-refractivity contribution in [2.75, 3.05) is 19.6 Å². The second kappa shape index (κ2) is 5.03. The van der Waals surface area contributed by atoms with E-state index in [-0.39, 0.29) is 0 Å². The lowest BCUT2D eigenvalue weighted by Crippen LogP contribution is -2.49. The van der Waals surface area contributed by atoms with Gasteiger partial charge in [-0.05, 0) is 24.1 Å². The van der Waals surface area contributed by atoms with Crippen molar-refractivity contribution in [2.45, 2.75) is 12.5 Å². The van der Waals surface area contributed by atoms with Crippen LogP contribution in [-0.2, 0) is 13.5 Å². The molecule has 1 unspecified atom stereocenters. The molecule has 3 nitrogen and oxygen atoms in total. The average molecular weight is 308 g/mol. The second-order valence-corrected chi connectivity index (χ2v) is 5.90. The van der Waals surface area contributed by atoms with Crippen LogP contribution in [0.3, 0.4) is 0 Å². The van der Waals surface area contributed by atoms with Crippen LogP contribution in [0.15, 0.2) is 28.9 Å². The van der Waals surface area contributed by atoms with Gasteiger partial charge < -0.3 is 15.2 Å². The lowest BCUT2D eigenvalue weighted by atomic mass is 10.0. The third-order valence-corrected chi connectivity index (χ3v) is 4.12. The van der Waals surface area contributed by atoms with Crippen molar-refractivity contribution in [3.05, 3.63) is 34.4 Å². The molecule has 1 aromatic carbocycles. The number of nitrogens with zero attached hydrogens (tertiary/aromatic N) is 1. The molecule has 2 aromatic rings. The number of benzene rings is 1. The molecule has 1 aliphatic rings. The molecule has 1 saturated heterocycles. The van der Waals surface area contributed by atoms with Gasteiger partial charge in [-0.2, -0.15) is 0 Å². The third kappa shape index (κ3) is 2.32. The van der Waals surface area contributed by atoms with E-state index in [1.165, 1.54) is 16.5 Å². The quantitative estimate of drug-likeness (QED) is 0.889. The number of hydrogen-bond acceptors (Lipinski definition) is 2. The van der Waals surface area contributed by atoms with Crippen LogP contribution in [-0.4, -0.2) is 30.2 Å². The van der Waals surface area contributed by atoms with Crippen LogP contribution in [0.25, 0.3) is 10.9 Å². The van der Waals surface area contributed by atoms with Gasteiger partial charge in [0.2, 0.25) is 0 Å². The Labute approximate surface area is 116 Å². The van der Waals surface area contributed by atoms with Crippen LogP contribution in [0.1, 0.15) is 5.56 Å². The largest absolute Gasteiger partial charge is 0.350 e. The molecule has 1 atom stereocenters. The van der Waals surface area contributed by atoms with E-state index in [0.29, 0.717) is 6.04 Å². The van der Waals surface area contributed by atoms with Gasteiger partial charge in [0, 0.05) is 54.3 Å². The lowest BCUT2D eigenvalue weighted by Gasteiger charge is -2.24. The molecule has 18 heavy (non-hydrogen) atoms. The van der Waals surface area contributed by atoms with Crippen LogP contribution in [0, 0.1) is 0 Å². The molecule has 0 amide bonds. The van der Waals surface area contributed by atoms with Gasteiger partial charge in [0.1, 0.15) is 0 Å². The summed E-state index contributed by atoms with van der Waals surface area (Å²) in [5.74, 6) is 0. The number of rotatable bonds is 2. The minimum absolute atomic E-state index is 0.549. The Morgan fingerprint density at radius 1 is 1.39 bits per heavy atom. The standard InChI is InChI=1S/C14H18BrN3/c1-18-9-10(6-12-8-16-4-5-17-12)13-3-2-11(15)7-14(13)18/h2-3,7,9,12,16-17H,4-6,8H2,1H3. The summed E-state index contributed by atoms with van der Waals surface area (Å²) in [5.41, 5.74) is 2.73. The Hall–Kier alpha value is -0.840. The maximum atomic E-state index is 3.57. The van der Waals surface area contributed by atoms with E-state index in [1.54, 1.807) is 0 Å². The van der Waals surface area contributed by atoms with Crippen molar-refractivity contribution in [1.29, 1.82) is 0 Å². The van der Waals surface area contributed by atoms with Gasteiger partial charge in [0.15, 0.2) is 0 Å². The maximum absolute atomic E-state index is 3.57. The first-order valence-electron chi connectivity index (χ1n) is 6.41. The van der Waals surface area contributed by atoms with Gasteiger partial charge in [0.05, 0.1) is 0 Å². The Morgan fingerprint density at radius 3 is 3.06 bits per heavy atom. The van der Waals surface area contributed by atoms with Crippen molar-refractivity contribution >= 4 is 26.8 Å². The summed E-state index contributed by atoms with van der Waals surface area (Å²) in [6.07, 6.45) is 3.35. The van der Waals surface area contributed by atoms with Crippen molar-refractivity contribution in [1.82, 2.24) is 15.2 Å². The van der Waals surface area contributed by atoms with Gasteiger partial charge in [-0.25, -0.2) is 0 Å². The predicted octanol–water partition coefficient (Wildman–Crippen LogP) is 2.04. The van der Waals surface area contributed by atoms with E-state index in [9.17, 15) is 0 Å². The second-order valence-electron chi connectivity index (χ2n) is 4.99. The summed E-state index contributed by atoms with van der Waals surface area (Å²) in [6.45, 7) is 3.22. The number of aryl methyl sites for hydroxylation is 1. The minimum Gasteiger partial charge on any atom is -0.350 e. The topological polar surface area (TPSA) is 29.0 Å². The molecule has 0 bridgehead atoms. The van der Waals surface area contributed by atoms with Gasteiger partial charge in [0.25, 0.3) is 0 Å².